The molecular formula is C28H28ClF3N2O5S. The normalized spacial score (nSPS) is 27.8. The van der Waals surface area contributed by atoms with E-state index in [9.17, 15) is 36.3 Å². The van der Waals surface area contributed by atoms with Crippen molar-refractivity contribution < 1.29 is 36.3 Å². The Morgan fingerprint density at radius 3 is 2.25 bits per heavy atom. The molecule has 0 radical (unpaired) electrons. The topological polar surface area (TPSA) is 113 Å². The Labute approximate surface area is 234 Å². The molecule has 2 unspecified atom stereocenters. The second kappa shape index (κ2) is 10.5. The lowest BCUT2D eigenvalue weighted by atomic mass is 9.48. The smallest absolute Gasteiger partial charge is 0.255 e. The molecular weight excluding hydrogens is 569 g/mol. The van der Waals surface area contributed by atoms with Gasteiger partial charge in [0.1, 0.15) is 0 Å². The second-order valence-electron chi connectivity index (χ2n) is 10.9. The van der Waals surface area contributed by atoms with E-state index in [0.717, 1.165) is 6.07 Å². The fourth-order valence-corrected chi connectivity index (χ4v) is 8.79. The Hall–Kier alpha value is -2.89. The standard InChI is InChI=1S/C28H28ClF3N2O5S/c1-14-19-11-18(12-20(14)28(19,37)13-33-26(35)15-4-2-3-5-15)40(38,39)24-8-16(6-7-21(24)29)27(36)34-17-9-22(30)25(32)23(31)10-17/h2-3,6-10,14-15,18-20,37H,4-5,11-13H2,1H3,(H,33,35)(H,34,36). The van der Waals surface area contributed by atoms with Crippen molar-refractivity contribution in [2.45, 2.75) is 48.4 Å². The zero-order valence-electron chi connectivity index (χ0n) is 21.5. The third-order valence-corrected chi connectivity index (χ3v) is 11.3. The molecule has 7 nitrogen and oxygen atoms in total. The fourth-order valence-electron chi connectivity index (χ4n) is 6.44. The van der Waals surface area contributed by atoms with Crippen molar-refractivity contribution in [3.63, 3.8) is 0 Å². The van der Waals surface area contributed by atoms with Crippen LogP contribution >= 0.6 is 11.6 Å². The van der Waals surface area contributed by atoms with Crippen LogP contribution in [-0.4, -0.2) is 42.7 Å². The number of aliphatic hydroxyl groups is 1. The largest absolute Gasteiger partial charge is 0.387 e. The van der Waals surface area contributed by atoms with Crippen LogP contribution in [0.3, 0.4) is 0 Å². The van der Waals surface area contributed by atoms with Gasteiger partial charge in [0, 0.05) is 35.8 Å². The Kier molecular flexibility index (Phi) is 7.52. The van der Waals surface area contributed by atoms with E-state index in [1.54, 1.807) is 0 Å². The Bertz CT molecular complexity index is 1470. The van der Waals surface area contributed by atoms with Gasteiger partial charge in [-0.1, -0.05) is 30.7 Å². The first-order valence-corrected chi connectivity index (χ1v) is 14.9. The molecule has 2 atom stereocenters. The molecule has 40 heavy (non-hydrogen) atoms. The van der Waals surface area contributed by atoms with Gasteiger partial charge in [0.25, 0.3) is 5.91 Å². The summed E-state index contributed by atoms with van der Waals surface area (Å²) >= 11 is 6.25. The van der Waals surface area contributed by atoms with Gasteiger partial charge in [-0.15, -0.1) is 0 Å². The van der Waals surface area contributed by atoms with Crippen molar-refractivity contribution in [1.82, 2.24) is 5.32 Å². The molecule has 2 bridgehead atoms. The quantitative estimate of drug-likeness (QED) is 0.318. The summed E-state index contributed by atoms with van der Waals surface area (Å²) in [6.45, 7) is 2.00. The molecule has 2 aromatic carbocycles. The van der Waals surface area contributed by atoms with E-state index in [4.69, 9.17) is 11.6 Å². The number of anilines is 1. The van der Waals surface area contributed by atoms with Crippen LogP contribution in [0.4, 0.5) is 18.9 Å². The maximum Gasteiger partial charge on any atom is 0.255 e. The summed E-state index contributed by atoms with van der Waals surface area (Å²) < 4.78 is 67.7. The van der Waals surface area contributed by atoms with E-state index in [-0.39, 0.29) is 70.1 Å². The zero-order chi connectivity index (χ0) is 29.0. The maximum absolute atomic E-state index is 13.7. The van der Waals surface area contributed by atoms with Crippen molar-refractivity contribution in [1.29, 1.82) is 0 Å². The second-order valence-corrected chi connectivity index (χ2v) is 13.5. The van der Waals surface area contributed by atoms with E-state index in [0.29, 0.717) is 25.0 Å². The average molecular weight is 597 g/mol. The number of carbonyl (C=O) groups excluding carboxylic acids is 2. The molecule has 0 heterocycles. The molecule has 3 N–H and O–H groups in total. The van der Waals surface area contributed by atoms with Gasteiger partial charge >= 0.3 is 0 Å². The summed E-state index contributed by atoms with van der Waals surface area (Å²) in [5, 5.41) is 15.5. The zero-order valence-corrected chi connectivity index (χ0v) is 23.0. The van der Waals surface area contributed by atoms with Crippen molar-refractivity contribution in [3.05, 3.63) is 70.5 Å². The molecule has 6 rings (SSSR count). The predicted molar refractivity (Wildman–Crippen MR) is 142 cm³/mol. The molecule has 0 saturated heterocycles. The summed E-state index contributed by atoms with van der Waals surface area (Å²) in [6, 6.07) is 4.80. The van der Waals surface area contributed by atoms with Gasteiger partial charge in [0.05, 0.1) is 20.8 Å². The lowest BCUT2D eigenvalue weighted by Gasteiger charge is -2.62. The van der Waals surface area contributed by atoms with Gasteiger partial charge in [0.15, 0.2) is 27.3 Å². The number of rotatable bonds is 7. The van der Waals surface area contributed by atoms with Gasteiger partial charge in [-0.05, 0) is 61.6 Å². The molecule has 0 aliphatic heterocycles. The van der Waals surface area contributed by atoms with Crippen LogP contribution in [0, 0.1) is 41.1 Å². The number of nitrogens with one attached hydrogen (secondary N) is 2. The molecule has 214 valence electrons. The van der Waals surface area contributed by atoms with Crippen LogP contribution in [0.2, 0.25) is 5.02 Å². The molecule has 3 saturated carbocycles. The highest BCUT2D eigenvalue weighted by Crippen LogP contribution is 2.59. The fraction of sp³-hybridized carbons (Fsp3) is 0.429. The molecule has 3 fully saturated rings. The number of sulfone groups is 1. The summed E-state index contributed by atoms with van der Waals surface area (Å²) in [7, 11) is -4.05. The molecule has 12 heteroatoms. The average Bonchev–Trinajstić information content (AvgIpc) is 3.46. The highest BCUT2D eigenvalue weighted by Gasteiger charge is 2.64. The van der Waals surface area contributed by atoms with Crippen LogP contribution in [-0.2, 0) is 14.6 Å². The third-order valence-electron chi connectivity index (χ3n) is 8.69. The Morgan fingerprint density at radius 2 is 1.65 bits per heavy atom. The van der Waals surface area contributed by atoms with E-state index < -0.39 is 44.0 Å². The molecule has 0 aromatic heterocycles. The summed E-state index contributed by atoms with van der Waals surface area (Å²) in [4.78, 5) is 24.9. The van der Waals surface area contributed by atoms with E-state index in [1.165, 1.54) is 12.1 Å². The van der Waals surface area contributed by atoms with Crippen molar-refractivity contribution in [2.75, 3.05) is 11.9 Å². The van der Waals surface area contributed by atoms with Gasteiger partial charge in [-0.2, -0.15) is 0 Å². The first-order chi connectivity index (χ1) is 18.8. The minimum absolute atomic E-state index is 0.0514. The summed E-state index contributed by atoms with van der Waals surface area (Å²) in [6.07, 6.45) is 5.50. The van der Waals surface area contributed by atoms with Gasteiger partial charge in [0.2, 0.25) is 5.91 Å². The highest BCUT2D eigenvalue weighted by atomic mass is 35.5. The van der Waals surface area contributed by atoms with Gasteiger partial charge < -0.3 is 15.7 Å². The van der Waals surface area contributed by atoms with Crippen LogP contribution < -0.4 is 10.6 Å². The van der Waals surface area contributed by atoms with Crippen molar-refractivity contribution >= 4 is 38.9 Å². The van der Waals surface area contributed by atoms with E-state index in [2.05, 4.69) is 10.6 Å². The number of hydrogen-bond donors (Lipinski definition) is 3. The van der Waals surface area contributed by atoms with E-state index >= 15 is 0 Å². The summed E-state index contributed by atoms with van der Waals surface area (Å²) in [5.74, 6) is -6.48. The van der Waals surface area contributed by atoms with Crippen LogP contribution in [0.1, 0.15) is 43.0 Å². The monoisotopic (exact) mass is 596 g/mol. The van der Waals surface area contributed by atoms with Crippen LogP contribution in [0.5, 0.6) is 0 Å². The number of carbonyl (C=O) groups is 2. The van der Waals surface area contributed by atoms with Gasteiger partial charge in [-0.25, -0.2) is 21.6 Å². The summed E-state index contributed by atoms with van der Waals surface area (Å²) in [5.41, 5.74) is -1.70. The Balaban J connectivity index is 1.30. The van der Waals surface area contributed by atoms with E-state index in [1.807, 2.05) is 19.1 Å². The minimum Gasteiger partial charge on any atom is -0.387 e. The molecule has 2 amide bonds. The first-order valence-electron chi connectivity index (χ1n) is 13.0. The lowest BCUT2D eigenvalue weighted by Crippen LogP contribution is -2.70. The van der Waals surface area contributed by atoms with Crippen LogP contribution in [0.15, 0.2) is 47.4 Å². The number of amides is 2. The number of allylic oxidation sites excluding steroid dienone is 2. The van der Waals surface area contributed by atoms with Crippen molar-refractivity contribution in [3.8, 4) is 0 Å². The molecule has 4 aliphatic carbocycles. The lowest BCUT2D eigenvalue weighted by molar-refractivity contribution is -0.213. The molecule has 0 spiro atoms. The Morgan fingerprint density at radius 1 is 1.05 bits per heavy atom. The molecule has 2 aromatic rings. The minimum atomic E-state index is -4.05. The predicted octanol–water partition coefficient (Wildman–Crippen LogP) is 4.64. The third kappa shape index (κ3) is 4.92. The SMILES string of the molecule is CC1C2CC(S(=O)(=O)c3cc(C(=O)Nc4cc(F)c(F)c(F)c4)ccc3Cl)CC1C2(O)CNC(=O)C1CC=CC1. The highest BCUT2D eigenvalue weighted by molar-refractivity contribution is 7.92. The van der Waals surface area contributed by atoms with Crippen molar-refractivity contribution in [2.24, 2.45) is 23.7 Å². The number of hydrogen-bond acceptors (Lipinski definition) is 5. The first kappa shape index (κ1) is 28.6. The number of fused-ring (bicyclic) bond motifs is 2. The molecule has 4 aliphatic rings. The van der Waals surface area contributed by atoms with Crippen LogP contribution in [0.25, 0.3) is 0 Å². The van der Waals surface area contributed by atoms with Gasteiger partial charge in [-0.3, -0.25) is 9.59 Å². The number of benzene rings is 2. The maximum atomic E-state index is 13.7. The number of halogens is 4.